The quantitative estimate of drug-likeness (QED) is 0.484. The monoisotopic (exact) mass is 441 g/mol. The number of benzene rings is 2. The maximum atomic E-state index is 12.0. The molecule has 3 rings (SSSR count). The van der Waals surface area contributed by atoms with Crippen molar-refractivity contribution < 1.29 is 19.1 Å². The average molecular weight is 442 g/mol. The Kier molecular flexibility index (Phi) is 6.56. The Balaban J connectivity index is 1.93. The summed E-state index contributed by atoms with van der Waals surface area (Å²) in [5.74, 6) is -0.589. The van der Waals surface area contributed by atoms with E-state index < -0.39 is 11.9 Å². The molecule has 0 radical (unpaired) electrons. The van der Waals surface area contributed by atoms with Crippen LogP contribution in [-0.2, 0) is 9.47 Å². The first-order valence-corrected chi connectivity index (χ1v) is 9.42. The number of nitrogen functional groups attached to an aromatic ring is 1. The van der Waals surface area contributed by atoms with E-state index in [0.717, 1.165) is 5.56 Å². The molecule has 0 aliphatic carbocycles. The van der Waals surface area contributed by atoms with Crippen LogP contribution in [0, 0.1) is 6.92 Å². The number of anilines is 5. The van der Waals surface area contributed by atoms with Gasteiger partial charge in [0.1, 0.15) is 12.0 Å². The SMILES string of the molecule is COC(=O)c1cc(Nc2ncnc(Nc3ccc(C)c(Cl)c3)c2N)cc(C(=O)OC)c1. The minimum Gasteiger partial charge on any atom is -0.465 e. The summed E-state index contributed by atoms with van der Waals surface area (Å²) in [6.07, 6.45) is 1.32. The molecule has 0 aliphatic rings. The summed E-state index contributed by atoms with van der Waals surface area (Å²) in [6.45, 7) is 1.90. The largest absolute Gasteiger partial charge is 0.465 e. The second-order valence-corrected chi connectivity index (χ2v) is 6.89. The van der Waals surface area contributed by atoms with E-state index in [1.165, 1.54) is 38.7 Å². The van der Waals surface area contributed by atoms with Gasteiger partial charge >= 0.3 is 11.9 Å². The number of esters is 2. The maximum Gasteiger partial charge on any atom is 0.337 e. The third-order valence-electron chi connectivity index (χ3n) is 4.36. The highest BCUT2D eigenvalue weighted by Gasteiger charge is 2.16. The van der Waals surface area contributed by atoms with Gasteiger partial charge in [-0.05, 0) is 42.8 Å². The number of nitrogens with two attached hydrogens (primary N) is 1. The first kappa shape index (κ1) is 21.8. The smallest absolute Gasteiger partial charge is 0.337 e. The van der Waals surface area contributed by atoms with Gasteiger partial charge in [-0.25, -0.2) is 19.6 Å². The van der Waals surface area contributed by atoms with Crippen molar-refractivity contribution in [1.82, 2.24) is 9.97 Å². The molecule has 0 spiro atoms. The van der Waals surface area contributed by atoms with Crippen molar-refractivity contribution in [3.8, 4) is 0 Å². The molecule has 160 valence electrons. The molecule has 4 N–H and O–H groups in total. The van der Waals surface area contributed by atoms with Crippen molar-refractivity contribution in [2.75, 3.05) is 30.6 Å². The van der Waals surface area contributed by atoms with Gasteiger partial charge in [-0.3, -0.25) is 0 Å². The molecule has 31 heavy (non-hydrogen) atoms. The molecule has 0 atom stereocenters. The number of aryl methyl sites for hydroxylation is 1. The highest BCUT2D eigenvalue weighted by molar-refractivity contribution is 6.31. The van der Waals surface area contributed by atoms with E-state index in [0.29, 0.717) is 22.2 Å². The molecule has 0 bridgehead atoms. The van der Waals surface area contributed by atoms with Crippen LogP contribution in [0.15, 0.2) is 42.7 Å². The van der Waals surface area contributed by atoms with Crippen molar-refractivity contribution in [3.63, 3.8) is 0 Å². The number of carbonyl (C=O) groups excluding carboxylic acids is 2. The van der Waals surface area contributed by atoms with Gasteiger partial charge in [0.25, 0.3) is 0 Å². The zero-order chi connectivity index (χ0) is 22.5. The van der Waals surface area contributed by atoms with Gasteiger partial charge in [0.2, 0.25) is 0 Å². The van der Waals surface area contributed by atoms with Gasteiger partial charge in [0.05, 0.1) is 25.3 Å². The molecule has 3 aromatic rings. The normalized spacial score (nSPS) is 10.3. The summed E-state index contributed by atoms with van der Waals surface area (Å²) in [5.41, 5.74) is 8.80. The molecule has 10 heteroatoms. The molecule has 0 unspecified atom stereocenters. The van der Waals surface area contributed by atoms with E-state index in [1.54, 1.807) is 6.07 Å². The molecule has 0 aliphatic heterocycles. The third kappa shape index (κ3) is 5.01. The Morgan fingerprint density at radius 2 is 1.45 bits per heavy atom. The summed E-state index contributed by atoms with van der Waals surface area (Å²) in [7, 11) is 2.50. The molecule has 2 aromatic carbocycles. The number of hydrogen-bond donors (Lipinski definition) is 3. The van der Waals surface area contributed by atoms with E-state index >= 15 is 0 Å². The van der Waals surface area contributed by atoms with Gasteiger partial charge in [-0.15, -0.1) is 0 Å². The summed E-state index contributed by atoms with van der Waals surface area (Å²) >= 11 is 6.17. The van der Waals surface area contributed by atoms with Crippen LogP contribution < -0.4 is 16.4 Å². The summed E-state index contributed by atoms with van der Waals surface area (Å²) in [6, 6.07) is 9.86. The number of nitrogens with one attached hydrogen (secondary N) is 2. The molecule has 0 fully saturated rings. The Morgan fingerprint density at radius 3 is 1.97 bits per heavy atom. The van der Waals surface area contributed by atoms with Crippen molar-refractivity contribution in [2.45, 2.75) is 6.92 Å². The first-order chi connectivity index (χ1) is 14.8. The maximum absolute atomic E-state index is 12.0. The summed E-state index contributed by atoms with van der Waals surface area (Å²) < 4.78 is 9.49. The van der Waals surface area contributed by atoms with Crippen LogP contribution in [0.2, 0.25) is 5.02 Å². The fourth-order valence-corrected chi connectivity index (χ4v) is 2.89. The predicted molar refractivity (Wildman–Crippen MR) is 118 cm³/mol. The van der Waals surface area contributed by atoms with Crippen LogP contribution in [0.3, 0.4) is 0 Å². The van der Waals surface area contributed by atoms with E-state index in [2.05, 4.69) is 20.6 Å². The number of methoxy groups -OCH3 is 2. The highest BCUT2D eigenvalue weighted by Crippen LogP contribution is 2.30. The van der Waals surface area contributed by atoms with Crippen LogP contribution in [0.25, 0.3) is 0 Å². The second-order valence-electron chi connectivity index (χ2n) is 6.48. The molecule has 0 amide bonds. The predicted octanol–water partition coefficient (Wildman–Crippen LogP) is 4.08. The summed E-state index contributed by atoms with van der Waals surface area (Å²) in [4.78, 5) is 32.3. The first-order valence-electron chi connectivity index (χ1n) is 9.04. The second kappa shape index (κ2) is 9.31. The number of ether oxygens (including phenoxy) is 2. The molecule has 0 saturated carbocycles. The van der Waals surface area contributed by atoms with Crippen LogP contribution in [-0.4, -0.2) is 36.1 Å². The standard InChI is InChI=1S/C21H20ClN5O4/c1-11-4-5-14(9-16(11)22)26-18-17(23)19(25-10-24-18)27-15-7-12(20(28)30-2)6-13(8-15)21(29)31-3/h4-10H,23H2,1-3H3,(H2,24,25,26,27). The van der Waals surface area contributed by atoms with Crippen LogP contribution in [0.1, 0.15) is 26.3 Å². The number of hydrogen-bond acceptors (Lipinski definition) is 9. The van der Waals surface area contributed by atoms with Crippen molar-refractivity contribution in [1.29, 1.82) is 0 Å². The Bertz CT molecular complexity index is 1120. The van der Waals surface area contributed by atoms with Crippen LogP contribution in [0.4, 0.5) is 28.7 Å². The molecular formula is C21H20ClN5O4. The average Bonchev–Trinajstić information content (AvgIpc) is 2.77. The van der Waals surface area contributed by atoms with Gasteiger partial charge in [-0.1, -0.05) is 17.7 Å². The minimum absolute atomic E-state index is 0.160. The lowest BCUT2D eigenvalue weighted by atomic mass is 10.1. The molecule has 1 heterocycles. The van der Waals surface area contributed by atoms with Crippen LogP contribution >= 0.6 is 11.6 Å². The van der Waals surface area contributed by atoms with E-state index in [9.17, 15) is 9.59 Å². The number of halogens is 1. The number of aromatic nitrogens is 2. The fourth-order valence-electron chi connectivity index (χ4n) is 2.71. The minimum atomic E-state index is -0.608. The third-order valence-corrected chi connectivity index (χ3v) is 4.76. The Hall–Kier alpha value is -3.85. The molecule has 0 saturated heterocycles. The van der Waals surface area contributed by atoms with Gasteiger partial charge in [-0.2, -0.15) is 0 Å². The number of carbonyl (C=O) groups is 2. The molecule has 1 aromatic heterocycles. The van der Waals surface area contributed by atoms with Gasteiger partial charge in [0.15, 0.2) is 11.6 Å². The molecular weight excluding hydrogens is 422 g/mol. The lowest BCUT2D eigenvalue weighted by Crippen LogP contribution is -2.09. The van der Waals surface area contributed by atoms with Gasteiger partial charge in [0, 0.05) is 16.4 Å². The fraction of sp³-hybridized carbons (Fsp3) is 0.143. The lowest BCUT2D eigenvalue weighted by Gasteiger charge is -2.14. The Morgan fingerprint density at radius 1 is 0.903 bits per heavy atom. The topological polar surface area (TPSA) is 128 Å². The summed E-state index contributed by atoms with van der Waals surface area (Å²) in [5, 5.41) is 6.70. The van der Waals surface area contributed by atoms with Gasteiger partial charge < -0.3 is 25.8 Å². The highest BCUT2D eigenvalue weighted by atomic mass is 35.5. The van der Waals surface area contributed by atoms with Crippen molar-refractivity contribution in [2.24, 2.45) is 0 Å². The number of rotatable bonds is 6. The Labute approximate surface area is 183 Å². The van der Waals surface area contributed by atoms with Crippen molar-refractivity contribution >= 4 is 52.2 Å². The van der Waals surface area contributed by atoms with Crippen molar-refractivity contribution in [3.05, 3.63) is 64.4 Å². The number of nitrogens with zero attached hydrogens (tertiary/aromatic N) is 2. The van der Waals surface area contributed by atoms with Crippen LogP contribution in [0.5, 0.6) is 0 Å². The van der Waals surface area contributed by atoms with E-state index in [-0.39, 0.29) is 22.6 Å². The van der Waals surface area contributed by atoms with E-state index in [4.69, 9.17) is 26.8 Å². The zero-order valence-corrected chi connectivity index (χ0v) is 17.8. The zero-order valence-electron chi connectivity index (χ0n) is 17.0. The molecule has 9 nitrogen and oxygen atoms in total. The lowest BCUT2D eigenvalue weighted by molar-refractivity contribution is 0.0599. The van der Waals surface area contributed by atoms with E-state index in [1.807, 2.05) is 19.1 Å².